The first kappa shape index (κ1) is 23.7. The van der Waals surface area contributed by atoms with Gasteiger partial charge < -0.3 is 9.80 Å². The van der Waals surface area contributed by atoms with Crippen molar-refractivity contribution in [2.75, 3.05) is 38.1 Å². The van der Waals surface area contributed by atoms with Gasteiger partial charge >= 0.3 is 0 Å². The molecule has 0 unspecified atom stereocenters. The second-order valence-corrected chi connectivity index (χ2v) is 11.0. The van der Waals surface area contributed by atoms with Crippen molar-refractivity contribution in [3.63, 3.8) is 0 Å². The number of amides is 1. The van der Waals surface area contributed by atoms with Gasteiger partial charge in [-0.3, -0.25) is 4.79 Å². The molecule has 0 saturated carbocycles. The number of nitrogens with zero attached hydrogens (tertiary/aromatic N) is 3. The molecule has 1 amide bonds. The highest BCUT2D eigenvalue weighted by Gasteiger charge is 2.34. The normalized spacial score (nSPS) is 19.9. The van der Waals surface area contributed by atoms with Gasteiger partial charge in [0, 0.05) is 45.5 Å². The molecule has 6 nitrogen and oxygen atoms in total. The molecule has 4 rings (SSSR count). The quantitative estimate of drug-likeness (QED) is 0.639. The van der Waals surface area contributed by atoms with Gasteiger partial charge in [0.15, 0.2) is 0 Å². The number of benzene rings is 2. The maximum Gasteiger partial charge on any atom is 0.243 e. The van der Waals surface area contributed by atoms with Gasteiger partial charge in [-0.1, -0.05) is 18.2 Å². The van der Waals surface area contributed by atoms with Gasteiger partial charge in [-0.25, -0.2) is 12.8 Å². The molecule has 0 aliphatic carbocycles. The lowest BCUT2D eigenvalue weighted by Crippen LogP contribution is -2.45. The molecule has 2 aliphatic heterocycles. The lowest BCUT2D eigenvalue weighted by atomic mass is 9.98. The fourth-order valence-corrected chi connectivity index (χ4v) is 6.37. The Kier molecular flexibility index (Phi) is 7.34. The van der Waals surface area contributed by atoms with Crippen LogP contribution in [0.15, 0.2) is 53.4 Å². The Bertz CT molecular complexity index is 1070. The van der Waals surface area contributed by atoms with Crippen molar-refractivity contribution in [1.29, 1.82) is 0 Å². The van der Waals surface area contributed by atoms with Crippen LogP contribution in [-0.2, 0) is 21.4 Å². The fraction of sp³-hybridized carbons (Fsp3) is 0.480. The highest BCUT2D eigenvalue weighted by molar-refractivity contribution is 7.89. The van der Waals surface area contributed by atoms with E-state index in [0.29, 0.717) is 25.9 Å². The summed E-state index contributed by atoms with van der Waals surface area (Å²) in [5.41, 5.74) is 2.29. The van der Waals surface area contributed by atoms with Crippen LogP contribution in [0.3, 0.4) is 0 Å². The Balaban J connectivity index is 1.44. The van der Waals surface area contributed by atoms with Crippen molar-refractivity contribution < 1.29 is 17.6 Å². The van der Waals surface area contributed by atoms with Gasteiger partial charge in [-0.05, 0) is 68.0 Å². The molecule has 2 aromatic carbocycles. The zero-order valence-corrected chi connectivity index (χ0v) is 19.9. The summed E-state index contributed by atoms with van der Waals surface area (Å²) in [6, 6.07) is 13.1. The van der Waals surface area contributed by atoms with Crippen LogP contribution in [0.25, 0.3) is 0 Å². The second-order valence-electron chi connectivity index (χ2n) is 9.03. The number of para-hydroxylation sites is 1. The molecular weight excluding hydrogens is 441 g/mol. The Morgan fingerprint density at radius 2 is 1.70 bits per heavy atom. The Labute approximate surface area is 196 Å². The minimum absolute atomic E-state index is 0.0394. The van der Waals surface area contributed by atoms with E-state index in [-0.39, 0.29) is 23.3 Å². The molecule has 178 valence electrons. The first-order valence-electron chi connectivity index (χ1n) is 11.7. The predicted octanol–water partition coefficient (Wildman–Crippen LogP) is 3.88. The highest BCUT2D eigenvalue weighted by atomic mass is 32.2. The molecule has 0 spiro atoms. The number of sulfonamides is 1. The summed E-state index contributed by atoms with van der Waals surface area (Å²) in [5.74, 6) is -0.907. The van der Waals surface area contributed by atoms with Crippen LogP contribution in [0.1, 0.15) is 37.7 Å². The molecule has 0 radical (unpaired) electrons. The van der Waals surface area contributed by atoms with Crippen LogP contribution in [0.5, 0.6) is 0 Å². The topological polar surface area (TPSA) is 60.9 Å². The Morgan fingerprint density at radius 3 is 2.42 bits per heavy atom. The summed E-state index contributed by atoms with van der Waals surface area (Å²) in [5, 5.41) is 0. The van der Waals surface area contributed by atoms with E-state index in [1.54, 1.807) is 11.9 Å². The highest BCUT2D eigenvalue weighted by Crippen LogP contribution is 2.28. The summed E-state index contributed by atoms with van der Waals surface area (Å²) in [4.78, 5) is 17.5. The first-order chi connectivity index (χ1) is 15.9. The van der Waals surface area contributed by atoms with Gasteiger partial charge in [0.05, 0.1) is 10.8 Å². The summed E-state index contributed by atoms with van der Waals surface area (Å²) < 4.78 is 40.6. The number of halogens is 1. The molecule has 8 heteroatoms. The van der Waals surface area contributed by atoms with Gasteiger partial charge in [0.2, 0.25) is 15.9 Å². The SMILES string of the molecule is CN(Cc1ccccc1N1CCCCC1)C(=O)[C@H]1CCCN(S(=O)(=O)c2ccc(F)cc2)C1. The van der Waals surface area contributed by atoms with Gasteiger partial charge in [0.25, 0.3) is 0 Å². The maximum atomic E-state index is 13.3. The third-order valence-electron chi connectivity index (χ3n) is 6.66. The molecule has 0 bridgehead atoms. The van der Waals surface area contributed by atoms with Gasteiger partial charge in [-0.2, -0.15) is 4.31 Å². The minimum Gasteiger partial charge on any atom is -0.371 e. The van der Waals surface area contributed by atoms with Crippen LogP contribution in [-0.4, -0.2) is 56.8 Å². The van der Waals surface area contributed by atoms with Crippen molar-refractivity contribution in [2.45, 2.75) is 43.5 Å². The molecule has 2 heterocycles. The zero-order valence-electron chi connectivity index (χ0n) is 19.1. The maximum absolute atomic E-state index is 13.3. The first-order valence-corrected chi connectivity index (χ1v) is 13.1. The van der Waals surface area contributed by atoms with E-state index >= 15 is 0 Å². The minimum atomic E-state index is -3.76. The molecule has 0 aromatic heterocycles. The summed E-state index contributed by atoms with van der Waals surface area (Å²) in [7, 11) is -1.97. The largest absolute Gasteiger partial charge is 0.371 e. The van der Waals surface area contributed by atoms with Crippen molar-refractivity contribution in [3.8, 4) is 0 Å². The van der Waals surface area contributed by atoms with Crippen molar-refractivity contribution in [3.05, 3.63) is 59.9 Å². The Hall–Kier alpha value is -2.45. The average Bonchev–Trinajstić information content (AvgIpc) is 2.85. The number of hydrogen-bond acceptors (Lipinski definition) is 4. The van der Waals surface area contributed by atoms with E-state index in [1.807, 2.05) is 12.1 Å². The summed E-state index contributed by atoms with van der Waals surface area (Å²) >= 11 is 0. The number of hydrogen-bond donors (Lipinski definition) is 0. The van der Waals surface area contributed by atoms with Gasteiger partial charge in [0.1, 0.15) is 5.82 Å². The van der Waals surface area contributed by atoms with Crippen LogP contribution in [0.4, 0.5) is 10.1 Å². The van der Waals surface area contributed by atoms with Crippen molar-refractivity contribution in [2.24, 2.45) is 5.92 Å². The van der Waals surface area contributed by atoms with Crippen LogP contribution in [0.2, 0.25) is 0 Å². The van der Waals surface area contributed by atoms with Crippen molar-refractivity contribution in [1.82, 2.24) is 9.21 Å². The van der Waals surface area contributed by atoms with E-state index in [4.69, 9.17) is 0 Å². The zero-order chi connectivity index (χ0) is 23.4. The van der Waals surface area contributed by atoms with Gasteiger partial charge in [-0.15, -0.1) is 0 Å². The van der Waals surface area contributed by atoms with Crippen LogP contribution in [0, 0.1) is 11.7 Å². The standard InChI is InChI=1S/C25H32FN3O3S/c1-27(18-20-8-3-4-10-24(20)28-15-5-2-6-16-28)25(30)21-9-7-17-29(19-21)33(31,32)23-13-11-22(26)12-14-23/h3-4,8,10-14,21H,2,5-7,9,15-19H2,1H3/t21-/m0/s1. The average molecular weight is 474 g/mol. The summed E-state index contributed by atoms with van der Waals surface area (Å²) in [6.07, 6.45) is 4.91. The molecule has 1 atom stereocenters. The molecule has 33 heavy (non-hydrogen) atoms. The number of carbonyl (C=O) groups is 1. The predicted molar refractivity (Wildman–Crippen MR) is 127 cm³/mol. The van der Waals surface area contributed by atoms with E-state index in [0.717, 1.165) is 30.8 Å². The van der Waals surface area contributed by atoms with Crippen LogP contribution >= 0.6 is 0 Å². The lowest BCUT2D eigenvalue weighted by Gasteiger charge is -2.34. The number of carbonyl (C=O) groups excluding carboxylic acids is 1. The van der Waals surface area contributed by atoms with E-state index in [9.17, 15) is 17.6 Å². The lowest BCUT2D eigenvalue weighted by molar-refractivity contribution is -0.135. The van der Waals surface area contributed by atoms with Crippen molar-refractivity contribution >= 4 is 21.6 Å². The molecule has 2 saturated heterocycles. The second kappa shape index (κ2) is 10.2. The molecule has 2 aromatic rings. The fourth-order valence-electron chi connectivity index (χ4n) is 4.85. The molecule has 2 fully saturated rings. The third kappa shape index (κ3) is 5.38. The van der Waals surface area contributed by atoms with E-state index in [1.165, 1.54) is 41.4 Å². The van der Waals surface area contributed by atoms with Crippen LogP contribution < -0.4 is 4.90 Å². The molecule has 2 aliphatic rings. The molecule has 0 N–H and O–H groups in total. The molecular formula is C25H32FN3O3S. The monoisotopic (exact) mass is 473 g/mol. The number of rotatable bonds is 6. The third-order valence-corrected chi connectivity index (χ3v) is 8.54. The van der Waals surface area contributed by atoms with E-state index < -0.39 is 15.8 Å². The Morgan fingerprint density at radius 1 is 1.00 bits per heavy atom. The summed E-state index contributed by atoms with van der Waals surface area (Å²) in [6.45, 7) is 3.08. The van der Waals surface area contributed by atoms with E-state index in [2.05, 4.69) is 17.0 Å². The number of piperidine rings is 2. The smallest absolute Gasteiger partial charge is 0.243 e. The number of anilines is 1.